The van der Waals surface area contributed by atoms with Gasteiger partial charge in [-0.25, -0.2) is 4.98 Å². The van der Waals surface area contributed by atoms with E-state index in [0.717, 1.165) is 10.7 Å². The monoisotopic (exact) mass is 214 g/mol. The van der Waals surface area contributed by atoms with E-state index in [1.165, 1.54) is 0 Å². The normalized spacial score (nSPS) is 14.3. The van der Waals surface area contributed by atoms with E-state index in [0.29, 0.717) is 6.54 Å². The van der Waals surface area contributed by atoms with Gasteiger partial charge < -0.3 is 16.3 Å². The first-order valence-corrected chi connectivity index (χ1v) is 5.13. The summed E-state index contributed by atoms with van der Waals surface area (Å²) in [7, 11) is 0. The first-order valence-electron chi connectivity index (χ1n) is 4.25. The minimum absolute atomic E-state index is 0.151. The summed E-state index contributed by atoms with van der Waals surface area (Å²) >= 11 is 1.61. The molecule has 0 aliphatic heterocycles. The highest BCUT2D eigenvalue weighted by Gasteiger charge is 2.07. The minimum atomic E-state index is -0.151. The van der Waals surface area contributed by atoms with Gasteiger partial charge in [-0.15, -0.1) is 11.3 Å². The van der Waals surface area contributed by atoms with Crippen molar-refractivity contribution < 1.29 is 5.21 Å². The van der Waals surface area contributed by atoms with E-state index in [1.54, 1.807) is 11.3 Å². The van der Waals surface area contributed by atoms with Crippen LogP contribution in [-0.4, -0.2) is 22.1 Å². The van der Waals surface area contributed by atoms with E-state index in [2.05, 4.69) is 15.5 Å². The Bertz CT molecular complexity index is 323. The van der Waals surface area contributed by atoms with Crippen LogP contribution in [0, 0.1) is 6.92 Å². The Labute approximate surface area is 86.6 Å². The van der Waals surface area contributed by atoms with Crippen molar-refractivity contribution in [1.82, 2.24) is 10.3 Å². The lowest BCUT2D eigenvalue weighted by atomic mass is 10.3. The molecule has 14 heavy (non-hydrogen) atoms. The van der Waals surface area contributed by atoms with E-state index in [1.807, 2.05) is 19.2 Å². The second-order valence-corrected chi connectivity index (χ2v) is 4.05. The van der Waals surface area contributed by atoms with Crippen molar-refractivity contribution in [3.05, 3.63) is 16.1 Å². The molecule has 1 rings (SSSR count). The number of nitrogens with one attached hydrogen (secondary N) is 1. The maximum atomic E-state index is 8.42. The molecule has 1 heterocycles. The Morgan fingerprint density at radius 2 is 2.57 bits per heavy atom. The predicted molar refractivity (Wildman–Crippen MR) is 56.6 cm³/mol. The van der Waals surface area contributed by atoms with Gasteiger partial charge in [-0.1, -0.05) is 5.16 Å². The molecule has 0 radical (unpaired) electrons. The average molecular weight is 214 g/mol. The standard InChI is InChI=1S/C8H14N4OS/c1-5(8(9)12-13)10-3-7-4-14-6(2)11-7/h4-5,10,13H,3H2,1-2H3,(H2,9,12). The van der Waals surface area contributed by atoms with Crippen molar-refractivity contribution in [2.75, 3.05) is 0 Å². The second kappa shape index (κ2) is 4.92. The number of nitrogens with two attached hydrogens (primary N) is 1. The van der Waals surface area contributed by atoms with Gasteiger partial charge >= 0.3 is 0 Å². The van der Waals surface area contributed by atoms with E-state index < -0.39 is 0 Å². The molecule has 0 aliphatic carbocycles. The van der Waals surface area contributed by atoms with Gasteiger partial charge in [0.2, 0.25) is 0 Å². The van der Waals surface area contributed by atoms with Crippen LogP contribution in [0.5, 0.6) is 0 Å². The van der Waals surface area contributed by atoms with Crippen LogP contribution in [0.3, 0.4) is 0 Å². The molecule has 0 aliphatic rings. The quantitative estimate of drug-likeness (QED) is 0.298. The summed E-state index contributed by atoms with van der Waals surface area (Å²) in [6.07, 6.45) is 0. The lowest BCUT2D eigenvalue weighted by Crippen LogP contribution is -2.38. The highest BCUT2D eigenvalue weighted by molar-refractivity contribution is 7.09. The second-order valence-electron chi connectivity index (χ2n) is 2.99. The first-order chi connectivity index (χ1) is 6.63. The van der Waals surface area contributed by atoms with Crippen LogP contribution in [0.25, 0.3) is 0 Å². The van der Waals surface area contributed by atoms with Gasteiger partial charge in [0.05, 0.1) is 16.7 Å². The van der Waals surface area contributed by atoms with Crippen molar-refractivity contribution in [3.8, 4) is 0 Å². The Morgan fingerprint density at radius 3 is 3.07 bits per heavy atom. The zero-order valence-electron chi connectivity index (χ0n) is 8.19. The van der Waals surface area contributed by atoms with Gasteiger partial charge in [0.15, 0.2) is 5.84 Å². The molecule has 1 atom stereocenters. The van der Waals surface area contributed by atoms with Gasteiger partial charge in [-0.2, -0.15) is 0 Å². The number of thiazole rings is 1. The van der Waals surface area contributed by atoms with E-state index >= 15 is 0 Å². The molecular weight excluding hydrogens is 200 g/mol. The van der Waals surface area contributed by atoms with Gasteiger partial charge in [-0.05, 0) is 13.8 Å². The van der Waals surface area contributed by atoms with Gasteiger partial charge in [0.1, 0.15) is 0 Å². The zero-order chi connectivity index (χ0) is 10.6. The Morgan fingerprint density at radius 1 is 1.86 bits per heavy atom. The fourth-order valence-electron chi connectivity index (χ4n) is 0.938. The highest BCUT2D eigenvalue weighted by Crippen LogP contribution is 2.07. The lowest BCUT2D eigenvalue weighted by Gasteiger charge is -2.10. The number of aryl methyl sites for hydroxylation is 1. The molecule has 1 unspecified atom stereocenters. The number of hydrogen-bond acceptors (Lipinski definition) is 5. The van der Waals surface area contributed by atoms with Gasteiger partial charge in [0.25, 0.3) is 0 Å². The number of hydrogen-bond donors (Lipinski definition) is 3. The van der Waals surface area contributed by atoms with Crippen molar-refractivity contribution >= 4 is 17.2 Å². The van der Waals surface area contributed by atoms with Crippen LogP contribution in [0.1, 0.15) is 17.6 Å². The molecule has 6 heteroatoms. The molecule has 0 saturated heterocycles. The highest BCUT2D eigenvalue weighted by atomic mass is 32.1. The number of rotatable bonds is 4. The minimum Gasteiger partial charge on any atom is -0.409 e. The lowest BCUT2D eigenvalue weighted by molar-refractivity contribution is 0.315. The third kappa shape index (κ3) is 2.97. The van der Waals surface area contributed by atoms with Crippen LogP contribution in [-0.2, 0) is 6.54 Å². The number of amidine groups is 1. The summed E-state index contributed by atoms with van der Waals surface area (Å²) in [6, 6.07) is -0.151. The summed E-state index contributed by atoms with van der Waals surface area (Å²) in [5, 5.41) is 17.5. The molecule has 0 spiro atoms. The maximum Gasteiger partial charge on any atom is 0.156 e. The third-order valence-corrected chi connectivity index (χ3v) is 2.64. The molecule has 5 nitrogen and oxygen atoms in total. The SMILES string of the molecule is Cc1nc(CNC(C)C(N)=NO)cs1. The molecule has 1 aromatic rings. The molecule has 4 N–H and O–H groups in total. The van der Waals surface area contributed by atoms with Crippen molar-refractivity contribution in [3.63, 3.8) is 0 Å². The fraction of sp³-hybridized carbons (Fsp3) is 0.500. The molecule has 0 amide bonds. The molecule has 0 fully saturated rings. The first kappa shape index (κ1) is 10.9. The van der Waals surface area contributed by atoms with Crippen molar-refractivity contribution in [2.45, 2.75) is 26.4 Å². The number of aromatic nitrogens is 1. The molecular formula is C8H14N4OS. The Kier molecular flexibility index (Phi) is 3.84. The summed E-state index contributed by atoms with van der Waals surface area (Å²) in [6.45, 7) is 4.41. The summed E-state index contributed by atoms with van der Waals surface area (Å²) < 4.78 is 0. The maximum absolute atomic E-state index is 8.42. The van der Waals surface area contributed by atoms with Crippen molar-refractivity contribution in [1.29, 1.82) is 0 Å². The van der Waals surface area contributed by atoms with Gasteiger partial charge in [0, 0.05) is 11.9 Å². The Balaban J connectivity index is 2.41. The molecule has 0 aromatic carbocycles. The largest absolute Gasteiger partial charge is 0.409 e. The van der Waals surface area contributed by atoms with E-state index in [4.69, 9.17) is 10.9 Å². The van der Waals surface area contributed by atoms with E-state index in [-0.39, 0.29) is 11.9 Å². The smallest absolute Gasteiger partial charge is 0.156 e. The number of oxime groups is 1. The van der Waals surface area contributed by atoms with Crippen LogP contribution in [0.2, 0.25) is 0 Å². The van der Waals surface area contributed by atoms with Gasteiger partial charge in [-0.3, -0.25) is 0 Å². The van der Waals surface area contributed by atoms with Crippen LogP contribution in [0.4, 0.5) is 0 Å². The average Bonchev–Trinajstić information content (AvgIpc) is 2.59. The molecule has 0 saturated carbocycles. The third-order valence-electron chi connectivity index (χ3n) is 1.82. The fourth-order valence-corrected chi connectivity index (χ4v) is 1.55. The van der Waals surface area contributed by atoms with Crippen LogP contribution >= 0.6 is 11.3 Å². The topological polar surface area (TPSA) is 83.5 Å². The van der Waals surface area contributed by atoms with E-state index in [9.17, 15) is 0 Å². The Hall–Kier alpha value is -1.14. The summed E-state index contributed by atoms with van der Waals surface area (Å²) in [4.78, 5) is 4.28. The summed E-state index contributed by atoms with van der Waals surface area (Å²) in [5.74, 6) is 0.178. The predicted octanol–water partition coefficient (Wildman–Crippen LogP) is 0.676. The molecule has 0 bridgehead atoms. The number of nitrogens with zero attached hydrogens (tertiary/aromatic N) is 2. The van der Waals surface area contributed by atoms with Crippen LogP contribution < -0.4 is 11.1 Å². The summed E-state index contributed by atoms with van der Waals surface area (Å²) in [5.41, 5.74) is 6.38. The molecule has 1 aromatic heterocycles. The zero-order valence-corrected chi connectivity index (χ0v) is 9.01. The van der Waals surface area contributed by atoms with Crippen LogP contribution in [0.15, 0.2) is 10.5 Å². The van der Waals surface area contributed by atoms with Crippen molar-refractivity contribution in [2.24, 2.45) is 10.9 Å². The molecule has 78 valence electrons.